The second kappa shape index (κ2) is 4.41. The molecule has 2 N–H and O–H groups in total. The topological polar surface area (TPSA) is 52.3 Å². The first-order valence-electron chi connectivity index (χ1n) is 3.98. The van der Waals surface area contributed by atoms with E-state index in [0.717, 1.165) is 0 Å². The Bertz CT molecular complexity index is 368. The van der Waals surface area contributed by atoms with Gasteiger partial charge in [0.05, 0.1) is 16.6 Å². The molecule has 0 saturated heterocycles. The average Bonchev–Trinajstić information content (AvgIpc) is 2.13. The third-order valence-corrected chi connectivity index (χ3v) is 2.38. The number of benzene rings is 1. The molecule has 0 fully saturated rings. The molecule has 0 aliphatic heterocycles. The highest BCUT2D eigenvalue weighted by Crippen LogP contribution is 2.26. The molecule has 76 valence electrons. The molecule has 0 aliphatic carbocycles. The van der Waals surface area contributed by atoms with E-state index in [1.54, 1.807) is 6.92 Å². The van der Waals surface area contributed by atoms with Crippen molar-refractivity contribution >= 4 is 27.6 Å². The number of carbonyl (C=O) groups excluding carboxylic acids is 1. The molecular weight excluding hydrogens is 253 g/mol. The van der Waals surface area contributed by atoms with Crippen molar-refractivity contribution in [3.8, 4) is 0 Å². The summed E-state index contributed by atoms with van der Waals surface area (Å²) in [4.78, 5) is 11.3. The van der Waals surface area contributed by atoms with Gasteiger partial charge in [-0.2, -0.15) is 0 Å². The summed E-state index contributed by atoms with van der Waals surface area (Å²) in [5.41, 5.74) is 5.75. The molecule has 3 nitrogen and oxygen atoms in total. The van der Waals surface area contributed by atoms with E-state index >= 15 is 0 Å². The van der Waals surface area contributed by atoms with E-state index in [1.165, 1.54) is 12.1 Å². The third kappa shape index (κ3) is 2.04. The molecular formula is C9H9BrFNO2. The minimum absolute atomic E-state index is 0.0341. The van der Waals surface area contributed by atoms with Crippen LogP contribution in [0.25, 0.3) is 0 Å². The Morgan fingerprint density at radius 2 is 2.29 bits per heavy atom. The SMILES string of the molecule is CCOC(=O)c1c(N)ccc(F)c1Br. The van der Waals surface area contributed by atoms with Crippen LogP contribution in [-0.2, 0) is 4.74 Å². The normalized spacial score (nSPS) is 9.93. The number of hydrogen-bond acceptors (Lipinski definition) is 3. The highest BCUT2D eigenvalue weighted by molar-refractivity contribution is 9.10. The Morgan fingerprint density at radius 1 is 1.64 bits per heavy atom. The van der Waals surface area contributed by atoms with Crippen LogP contribution in [0.15, 0.2) is 16.6 Å². The van der Waals surface area contributed by atoms with Gasteiger partial charge in [0.1, 0.15) is 5.82 Å². The molecule has 1 aromatic carbocycles. The first-order valence-corrected chi connectivity index (χ1v) is 4.77. The van der Waals surface area contributed by atoms with E-state index in [0.29, 0.717) is 0 Å². The van der Waals surface area contributed by atoms with Crippen molar-refractivity contribution in [2.75, 3.05) is 12.3 Å². The number of nitrogens with two attached hydrogens (primary N) is 1. The summed E-state index contributed by atoms with van der Waals surface area (Å²) >= 11 is 2.95. The van der Waals surface area contributed by atoms with Gasteiger partial charge in [-0.05, 0) is 35.0 Å². The van der Waals surface area contributed by atoms with Crippen molar-refractivity contribution in [2.24, 2.45) is 0 Å². The second-order valence-electron chi connectivity index (χ2n) is 2.55. The lowest BCUT2D eigenvalue weighted by Gasteiger charge is -2.07. The van der Waals surface area contributed by atoms with Crippen LogP contribution in [0.4, 0.5) is 10.1 Å². The van der Waals surface area contributed by atoms with E-state index in [1.807, 2.05) is 0 Å². The lowest BCUT2D eigenvalue weighted by atomic mass is 10.2. The molecule has 0 amide bonds. The van der Waals surface area contributed by atoms with Crippen LogP contribution in [0.3, 0.4) is 0 Å². The number of nitrogen functional groups attached to an aromatic ring is 1. The van der Waals surface area contributed by atoms with Gasteiger partial charge in [0.2, 0.25) is 0 Å². The van der Waals surface area contributed by atoms with Crippen LogP contribution >= 0.6 is 15.9 Å². The molecule has 0 aromatic heterocycles. The number of ether oxygens (including phenoxy) is 1. The fourth-order valence-electron chi connectivity index (χ4n) is 0.976. The van der Waals surface area contributed by atoms with E-state index in [2.05, 4.69) is 15.9 Å². The van der Waals surface area contributed by atoms with Crippen LogP contribution in [0.1, 0.15) is 17.3 Å². The van der Waals surface area contributed by atoms with Gasteiger partial charge < -0.3 is 10.5 Å². The summed E-state index contributed by atoms with van der Waals surface area (Å²) in [7, 11) is 0. The van der Waals surface area contributed by atoms with Crippen molar-refractivity contribution in [1.82, 2.24) is 0 Å². The summed E-state index contributed by atoms with van der Waals surface area (Å²) in [6.45, 7) is 1.89. The summed E-state index contributed by atoms with van der Waals surface area (Å²) in [6.07, 6.45) is 0. The van der Waals surface area contributed by atoms with Crippen molar-refractivity contribution in [1.29, 1.82) is 0 Å². The number of carbonyl (C=O) groups is 1. The molecule has 14 heavy (non-hydrogen) atoms. The zero-order valence-electron chi connectivity index (χ0n) is 7.51. The maximum atomic E-state index is 13.0. The zero-order valence-corrected chi connectivity index (χ0v) is 9.10. The Kier molecular flexibility index (Phi) is 3.46. The smallest absolute Gasteiger partial charge is 0.341 e. The maximum Gasteiger partial charge on any atom is 0.341 e. The standard InChI is InChI=1S/C9H9BrFNO2/c1-2-14-9(13)7-6(12)4-3-5(11)8(7)10/h3-4H,2,12H2,1H3. The molecule has 0 aliphatic rings. The zero-order chi connectivity index (χ0) is 10.7. The summed E-state index contributed by atoms with van der Waals surface area (Å²) < 4.78 is 17.8. The van der Waals surface area contributed by atoms with Gasteiger partial charge >= 0.3 is 5.97 Å². The Hall–Kier alpha value is -1.10. The average molecular weight is 262 g/mol. The predicted molar refractivity (Wildman–Crippen MR) is 54.5 cm³/mol. The van der Waals surface area contributed by atoms with Gasteiger partial charge in [0.25, 0.3) is 0 Å². The minimum Gasteiger partial charge on any atom is -0.462 e. The first-order chi connectivity index (χ1) is 6.57. The van der Waals surface area contributed by atoms with E-state index < -0.39 is 11.8 Å². The number of esters is 1. The van der Waals surface area contributed by atoms with E-state index in [-0.39, 0.29) is 22.3 Å². The van der Waals surface area contributed by atoms with Crippen LogP contribution in [0.2, 0.25) is 0 Å². The fraction of sp³-hybridized carbons (Fsp3) is 0.222. The molecule has 0 radical (unpaired) electrons. The summed E-state index contributed by atoms with van der Waals surface area (Å²) in [5, 5.41) is 0. The molecule has 0 atom stereocenters. The highest BCUT2D eigenvalue weighted by atomic mass is 79.9. The number of hydrogen-bond donors (Lipinski definition) is 1. The van der Waals surface area contributed by atoms with Crippen LogP contribution in [-0.4, -0.2) is 12.6 Å². The maximum absolute atomic E-state index is 13.0. The van der Waals surface area contributed by atoms with Crippen molar-refractivity contribution in [3.05, 3.63) is 28.0 Å². The molecule has 1 rings (SSSR count). The second-order valence-corrected chi connectivity index (χ2v) is 3.34. The molecule has 0 spiro atoms. The lowest BCUT2D eigenvalue weighted by Crippen LogP contribution is -2.09. The molecule has 0 bridgehead atoms. The van der Waals surface area contributed by atoms with Gasteiger partial charge in [-0.1, -0.05) is 0 Å². The quantitative estimate of drug-likeness (QED) is 0.657. The predicted octanol–water partition coefficient (Wildman–Crippen LogP) is 2.35. The summed E-state index contributed by atoms with van der Waals surface area (Å²) in [6, 6.07) is 2.51. The number of halogens is 2. The molecule has 0 heterocycles. The van der Waals surface area contributed by atoms with Gasteiger partial charge in [0.15, 0.2) is 0 Å². The fourth-order valence-corrected chi connectivity index (χ4v) is 1.50. The first kappa shape index (κ1) is 11.0. The van der Waals surface area contributed by atoms with Gasteiger partial charge in [-0.15, -0.1) is 0 Å². The van der Waals surface area contributed by atoms with Gasteiger partial charge in [-0.3, -0.25) is 0 Å². The largest absolute Gasteiger partial charge is 0.462 e. The van der Waals surface area contributed by atoms with E-state index in [4.69, 9.17) is 10.5 Å². The third-order valence-electron chi connectivity index (χ3n) is 1.61. The van der Waals surface area contributed by atoms with Crippen LogP contribution < -0.4 is 5.73 Å². The van der Waals surface area contributed by atoms with Gasteiger partial charge in [0, 0.05) is 5.69 Å². The minimum atomic E-state index is -0.628. The van der Waals surface area contributed by atoms with Crippen molar-refractivity contribution < 1.29 is 13.9 Å². The van der Waals surface area contributed by atoms with Crippen LogP contribution in [0, 0.1) is 5.82 Å². The Morgan fingerprint density at radius 3 is 2.86 bits per heavy atom. The molecule has 0 saturated carbocycles. The molecule has 1 aromatic rings. The molecule has 0 unspecified atom stereocenters. The summed E-state index contributed by atoms with van der Waals surface area (Å²) in [5.74, 6) is -1.17. The van der Waals surface area contributed by atoms with Crippen LogP contribution in [0.5, 0.6) is 0 Å². The number of rotatable bonds is 2. The Balaban J connectivity index is 3.18. The van der Waals surface area contributed by atoms with Crippen molar-refractivity contribution in [3.63, 3.8) is 0 Å². The van der Waals surface area contributed by atoms with E-state index in [9.17, 15) is 9.18 Å². The monoisotopic (exact) mass is 261 g/mol. The lowest BCUT2D eigenvalue weighted by molar-refractivity contribution is 0.0526. The molecule has 5 heteroatoms. The highest BCUT2D eigenvalue weighted by Gasteiger charge is 2.17. The number of anilines is 1. The Labute approximate surface area is 89.2 Å². The van der Waals surface area contributed by atoms with Crippen molar-refractivity contribution in [2.45, 2.75) is 6.92 Å². The van der Waals surface area contributed by atoms with Gasteiger partial charge in [-0.25, -0.2) is 9.18 Å².